The van der Waals surface area contributed by atoms with E-state index < -0.39 is 0 Å². The number of rotatable bonds is 6. The van der Waals surface area contributed by atoms with E-state index in [0.717, 1.165) is 5.57 Å². The molecule has 0 unspecified atom stereocenters. The van der Waals surface area contributed by atoms with Crippen molar-refractivity contribution in [3.63, 3.8) is 0 Å². The Labute approximate surface area is 104 Å². The molecule has 0 nitrogen and oxygen atoms in total. The minimum atomic E-state index is 1.06. The predicted molar refractivity (Wildman–Crippen MR) is 79.9 cm³/mol. The van der Waals surface area contributed by atoms with Crippen molar-refractivity contribution >= 4 is 0 Å². The van der Waals surface area contributed by atoms with Crippen LogP contribution in [0.15, 0.2) is 37.0 Å². The first kappa shape index (κ1) is 20.6. The molecule has 0 aromatic heterocycles. The van der Waals surface area contributed by atoms with Gasteiger partial charge in [0.05, 0.1) is 0 Å². The molecule has 0 rings (SSSR count). The maximum atomic E-state index is 3.66. The van der Waals surface area contributed by atoms with Gasteiger partial charge in [0.1, 0.15) is 0 Å². The third-order valence-corrected chi connectivity index (χ3v) is 1.72. The Morgan fingerprint density at radius 1 is 1.00 bits per heavy atom. The molecule has 0 aliphatic carbocycles. The van der Waals surface area contributed by atoms with Crippen molar-refractivity contribution < 1.29 is 0 Å². The second-order valence-electron chi connectivity index (χ2n) is 3.50. The zero-order chi connectivity index (χ0) is 13.2. The smallest absolute Gasteiger partial charge is 0.0404 e. The fourth-order valence-electron chi connectivity index (χ4n) is 0.909. The molecule has 0 fully saturated rings. The summed E-state index contributed by atoms with van der Waals surface area (Å²) in [5.74, 6) is 0. The molecule has 0 N–H and O–H groups in total. The van der Waals surface area contributed by atoms with E-state index in [1.54, 1.807) is 6.08 Å². The van der Waals surface area contributed by atoms with Gasteiger partial charge in [-0.05, 0) is 6.92 Å². The summed E-state index contributed by atoms with van der Waals surface area (Å²) in [6.07, 6.45) is 12.5. The van der Waals surface area contributed by atoms with Gasteiger partial charge in [-0.2, -0.15) is 0 Å². The van der Waals surface area contributed by atoms with Crippen molar-refractivity contribution in [2.75, 3.05) is 0 Å². The van der Waals surface area contributed by atoms with Crippen LogP contribution < -0.4 is 0 Å². The third kappa shape index (κ3) is 37.9. The lowest BCUT2D eigenvalue weighted by molar-refractivity contribution is 0.656. The van der Waals surface area contributed by atoms with E-state index >= 15 is 0 Å². The van der Waals surface area contributed by atoms with E-state index in [0.29, 0.717) is 0 Å². The monoisotopic (exact) mass is 224 g/mol. The summed E-state index contributed by atoms with van der Waals surface area (Å²) in [5.41, 5.74) is 1.06. The molecule has 0 bridgehead atoms. The largest absolute Gasteiger partial charge is 0.0991 e. The van der Waals surface area contributed by atoms with E-state index in [1.165, 1.54) is 32.1 Å². The first-order valence-corrected chi connectivity index (χ1v) is 6.63. The van der Waals surface area contributed by atoms with Crippen LogP contribution in [0.25, 0.3) is 0 Å². The van der Waals surface area contributed by atoms with Crippen LogP contribution >= 0.6 is 0 Å². The van der Waals surface area contributed by atoms with Gasteiger partial charge in [-0.25, -0.2) is 0 Å². The molecule has 0 spiro atoms. The molecule has 0 heterocycles. The Morgan fingerprint density at radius 2 is 1.44 bits per heavy atom. The van der Waals surface area contributed by atoms with Crippen molar-refractivity contribution in [2.45, 2.75) is 66.7 Å². The zero-order valence-corrected chi connectivity index (χ0v) is 12.2. The molecule has 0 amide bonds. The van der Waals surface area contributed by atoms with Crippen LogP contribution in [-0.4, -0.2) is 0 Å². The van der Waals surface area contributed by atoms with Crippen LogP contribution in [0.1, 0.15) is 66.7 Å². The van der Waals surface area contributed by atoms with Gasteiger partial charge in [0.2, 0.25) is 0 Å². The molecule has 16 heavy (non-hydrogen) atoms. The summed E-state index contributed by atoms with van der Waals surface area (Å²) >= 11 is 0. The normalized spacial score (nSPS) is 8.56. The Kier molecular flexibility index (Phi) is 30.6. The van der Waals surface area contributed by atoms with Crippen molar-refractivity contribution in [1.29, 1.82) is 0 Å². The van der Waals surface area contributed by atoms with Crippen molar-refractivity contribution in [3.8, 4) is 0 Å². The lowest BCUT2D eigenvalue weighted by Gasteiger charge is -1.90. The van der Waals surface area contributed by atoms with Gasteiger partial charge in [0.15, 0.2) is 0 Å². The fourth-order valence-corrected chi connectivity index (χ4v) is 0.909. The van der Waals surface area contributed by atoms with E-state index in [9.17, 15) is 0 Å². The molecule has 0 aromatic carbocycles. The molecule has 0 aromatic rings. The Hall–Kier alpha value is -0.780. The summed E-state index contributed by atoms with van der Waals surface area (Å²) in [6, 6.07) is 0. The van der Waals surface area contributed by atoms with Crippen molar-refractivity contribution in [1.82, 2.24) is 0 Å². The van der Waals surface area contributed by atoms with E-state index in [1.807, 2.05) is 32.9 Å². The lowest BCUT2D eigenvalue weighted by atomic mass is 10.2. The Morgan fingerprint density at radius 3 is 1.62 bits per heavy atom. The van der Waals surface area contributed by atoms with Gasteiger partial charge in [0, 0.05) is 0 Å². The second kappa shape index (κ2) is 23.8. The van der Waals surface area contributed by atoms with Crippen LogP contribution in [0.2, 0.25) is 0 Å². The minimum absolute atomic E-state index is 1.06. The first-order valence-electron chi connectivity index (χ1n) is 6.63. The summed E-state index contributed by atoms with van der Waals surface area (Å²) < 4.78 is 0. The highest BCUT2D eigenvalue weighted by Crippen LogP contribution is 2.00. The SMILES string of the molecule is C=C/C=C\C(=C)C.CC.CCCCCCC. The minimum Gasteiger partial charge on any atom is -0.0991 e. The maximum absolute atomic E-state index is 3.66. The molecule has 0 radical (unpaired) electrons. The van der Waals surface area contributed by atoms with Gasteiger partial charge < -0.3 is 0 Å². The van der Waals surface area contributed by atoms with Crippen LogP contribution in [0.5, 0.6) is 0 Å². The zero-order valence-electron chi connectivity index (χ0n) is 12.2. The van der Waals surface area contributed by atoms with Crippen molar-refractivity contribution in [2.24, 2.45) is 0 Å². The Bertz CT molecular complexity index is 147. The van der Waals surface area contributed by atoms with Gasteiger partial charge in [0.25, 0.3) is 0 Å². The molecular weight excluding hydrogens is 192 g/mol. The molecule has 0 aliphatic rings. The highest BCUT2D eigenvalue weighted by molar-refractivity contribution is 5.15. The number of unbranched alkanes of at least 4 members (excludes halogenated alkanes) is 4. The highest BCUT2D eigenvalue weighted by atomic mass is 13.9. The number of allylic oxidation sites excluding steroid dienone is 4. The predicted octanol–water partition coefficient (Wildman–Crippen LogP) is 6.31. The molecule has 0 aliphatic heterocycles. The van der Waals surface area contributed by atoms with Crippen LogP contribution in [0, 0.1) is 0 Å². The third-order valence-electron chi connectivity index (χ3n) is 1.72. The van der Waals surface area contributed by atoms with Gasteiger partial charge >= 0.3 is 0 Å². The van der Waals surface area contributed by atoms with Gasteiger partial charge in [-0.15, -0.1) is 0 Å². The van der Waals surface area contributed by atoms with E-state index in [2.05, 4.69) is 27.0 Å². The lowest BCUT2D eigenvalue weighted by Crippen LogP contribution is -1.70. The first-order chi connectivity index (χ1) is 7.68. The standard InChI is InChI=1S/C7H10.C7H16.C2H6/c1-4-5-6-7(2)3;1-3-5-7-6-4-2;1-2/h4-6H,1-2H2,3H3;3-7H2,1-2H3;1-2H3/b6-5-;;. The van der Waals surface area contributed by atoms with Crippen LogP contribution in [0.3, 0.4) is 0 Å². The number of hydrogen-bond donors (Lipinski definition) is 0. The van der Waals surface area contributed by atoms with Gasteiger partial charge in [-0.3, -0.25) is 0 Å². The van der Waals surface area contributed by atoms with E-state index in [-0.39, 0.29) is 0 Å². The van der Waals surface area contributed by atoms with Gasteiger partial charge in [-0.1, -0.05) is 96.8 Å². The summed E-state index contributed by atoms with van der Waals surface area (Å²) in [6.45, 7) is 17.6. The topological polar surface area (TPSA) is 0 Å². The quantitative estimate of drug-likeness (QED) is 0.366. The highest BCUT2D eigenvalue weighted by Gasteiger charge is 1.80. The second-order valence-corrected chi connectivity index (χ2v) is 3.50. The van der Waals surface area contributed by atoms with Crippen LogP contribution in [-0.2, 0) is 0 Å². The number of hydrogen-bond acceptors (Lipinski definition) is 0. The molecular formula is C16H32. The summed E-state index contributed by atoms with van der Waals surface area (Å²) in [4.78, 5) is 0. The average Bonchev–Trinajstić information content (AvgIpc) is 2.30. The van der Waals surface area contributed by atoms with Crippen molar-refractivity contribution in [3.05, 3.63) is 37.0 Å². The maximum Gasteiger partial charge on any atom is -0.0404 e. The van der Waals surface area contributed by atoms with Crippen LogP contribution in [0.4, 0.5) is 0 Å². The molecule has 0 saturated heterocycles. The molecule has 0 heteroatoms. The molecule has 96 valence electrons. The summed E-state index contributed by atoms with van der Waals surface area (Å²) in [5, 5.41) is 0. The Balaban J connectivity index is -0.000000183. The molecule has 0 atom stereocenters. The molecule has 0 saturated carbocycles. The summed E-state index contributed by atoms with van der Waals surface area (Å²) in [7, 11) is 0. The fraction of sp³-hybridized carbons (Fsp3) is 0.625. The van der Waals surface area contributed by atoms with E-state index in [4.69, 9.17) is 0 Å². The average molecular weight is 224 g/mol.